The first-order valence-electron chi connectivity index (χ1n) is 10.6. The Labute approximate surface area is 198 Å². The number of ether oxygens (including phenoxy) is 1. The second-order valence-corrected chi connectivity index (χ2v) is 10.5. The minimum Gasteiger partial charge on any atom is -0.383 e. The smallest absolute Gasteiger partial charge is 0.262 e. The van der Waals surface area contributed by atoms with Gasteiger partial charge in [0, 0.05) is 31.5 Å². The average molecular weight is 476 g/mol. The Kier molecular flexibility index (Phi) is 8.09. The van der Waals surface area contributed by atoms with Gasteiger partial charge in [-0.1, -0.05) is 50.6 Å². The van der Waals surface area contributed by atoms with Crippen molar-refractivity contribution in [3.05, 3.63) is 57.2 Å². The number of carbonyl (C=O) groups is 2. The van der Waals surface area contributed by atoms with E-state index in [1.807, 2.05) is 62.5 Å². The van der Waals surface area contributed by atoms with Crippen molar-refractivity contribution in [1.82, 2.24) is 9.91 Å². The van der Waals surface area contributed by atoms with Gasteiger partial charge in [-0.15, -0.1) is 11.3 Å². The number of methoxy groups -OCH3 is 1. The predicted molar refractivity (Wildman–Crippen MR) is 129 cm³/mol. The van der Waals surface area contributed by atoms with Crippen molar-refractivity contribution in [2.45, 2.75) is 39.7 Å². The highest BCUT2D eigenvalue weighted by Gasteiger charge is 2.35. The SMILES string of the molecule is COCCN(CC(=O)N1N=C(c2cccs2)C[C@@H]1c1ccc(Cl)cc1)C(=O)CC(C)(C)C. The zero-order valence-electron chi connectivity index (χ0n) is 19.0. The van der Waals surface area contributed by atoms with Crippen LogP contribution in [-0.2, 0) is 14.3 Å². The van der Waals surface area contributed by atoms with E-state index in [1.54, 1.807) is 23.3 Å². The first-order valence-corrected chi connectivity index (χ1v) is 11.9. The molecule has 0 unspecified atom stereocenters. The number of rotatable bonds is 8. The van der Waals surface area contributed by atoms with Crippen molar-refractivity contribution in [3.63, 3.8) is 0 Å². The molecule has 0 radical (unpaired) electrons. The number of amides is 2. The second-order valence-electron chi connectivity index (χ2n) is 9.08. The molecular weight excluding hydrogens is 446 g/mol. The monoisotopic (exact) mass is 475 g/mol. The minimum atomic E-state index is -0.237. The fraction of sp³-hybridized carbons (Fsp3) is 0.458. The molecule has 0 bridgehead atoms. The normalized spacial score (nSPS) is 16.2. The summed E-state index contributed by atoms with van der Waals surface area (Å²) in [5, 5.41) is 8.86. The Hall–Kier alpha value is -2.22. The standard InChI is InChI=1S/C24H30ClN3O3S/c1-24(2,3)15-22(29)27(11-12-31-4)16-23(30)28-20(17-7-9-18(25)10-8-17)14-19(26-28)21-6-5-13-32-21/h5-10,13,20H,11-12,14-16H2,1-4H3/t20-/m1/s1. The van der Waals surface area contributed by atoms with E-state index < -0.39 is 0 Å². The van der Waals surface area contributed by atoms with E-state index in [4.69, 9.17) is 16.3 Å². The van der Waals surface area contributed by atoms with E-state index in [9.17, 15) is 9.59 Å². The number of hydrazone groups is 1. The van der Waals surface area contributed by atoms with Gasteiger partial charge in [-0.2, -0.15) is 5.10 Å². The van der Waals surface area contributed by atoms with Gasteiger partial charge in [0.15, 0.2) is 0 Å². The van der Waals surface area contributed by atoms with Crippen molar-refractivity contribution in [3.8, 4) is 0 Å². The van der Waals surface area contributed by atoms with Crippen molar-refractivity contribution in [2.24, 2.45) is 10.5 Å². The number of hydrogen-bond acceptors (Lipinski definition) is 5. The Morgan fingerprint density at radius 2 is 1.97 bits per heavy atom. The van der Waals surface area contributed by atoms with Gasteiger partial charge >= 0.3 is 0 Å². The third kappa shape index (κ3) is 6.40. The number of benzene rings is 1. The largest absolute Gasteiger partial charge is 0.383 e. The van der Waals surface area contributed by atoms with Crippen LogP contribution >= 0.6 is 22.9 Å². The fourth-order valence-corrected chi connectivity index (χ4v) is 4.42. The lowest BCUT2D eigenvalue weighted by Crippen LogP contribution is -2.43. The van der Waals surface area contributed by atoms with Crippen LogP contribution < -0.4 is 0 Å². The molecular formula is C24H30ClN3O3S. The quantitative estimate of drug-likeness (QED) is 0.540. The lowest BCUT2D eigenvalue weighted by Gasteiger charge is -2.29. The molecule has 0 saturated heterocycles. The van der Waals surface area contributed by atoms with Gasteiger partial charge in [0.25, 0.3) is 5.91 Å². The van der Waals surface area contributed by atoms with Gasteiger partial charge in [-0.3, -0.25) is 9.59 Å². The summed E-state index contributed by atoms with van der Waals surface area (Å²) in [5.41, 5.74) is 1.66. The number of thiophene rings is 1. The Morgan fingerprint density at radius 1 is 1.25 bits per heavy atom. The van der Waals surface area contributed by atoms with Crippen LogP contribution in [0.5, 0.6) is 0 Å². The maximum Gasteiger partial charge on any atom is 0.262 e. The molecule has 172 valence electrons. The topological polar surface area (TPSA) is 62.2 Å². The van der Waals surface area contributed by atoms with Crippen LogP contribution in [0.1, 0.15) is 50.1 Å². The highest BCUT2D eigenvalue weighted by atomic mass is 35.5. The lowest BCUT2D eigenvalue weighted by molar-refractivity contribution is -0.143. The number of hydrogen-bond donors (Lipinski definition) is 0. The van der Waals surface area contributed by atoms with Crippen LogP contribution in [0, 0.1) is 5.41 Å². The molecule has 0 fully saturated rings. The molecule has 1 aliphatic heterocycles. The van der Waals surface area contributed by atoms with E-state index >= 15 is 0 Å². The van der Waals surface area contributed by atoms with E-state index in [-0.39, 0.29) is 29.8 Å². The number of carbonyl (C=O) groups excluding carboxylic acids is 2. The average Bonchev–Trinajstić information content (AvgIpc) is 3.40. The number of halogens is 1. The van der Waals surface area contributed by atoms with Crippen molar-refractivity contribution in [1.29, 1.82) is 0 Å². The van der Waals surface area contributed by atoms with Crippen LogP contribution in [0.15, 0.2) is 46.9 Å². The van der Waals surface area contributed by atoms with Gasteiger partial charge in [-0.25, -0.2) is 5.01 Å². The molecule has 1 atom stereocenters. The fourth-order valence-electron chi connectivity index (χ4n) is 3.57. The van der Waals surface area contributed by atoms with Gasteiger partial charge < -0.3 is 9.64 Å². The summed E-state index contributed by atoms with van der Waals surface area (Å²) in [6.45, 7) is 6.72. The summed E-state index contributed by atoms with van der Waals surface area (Å²) in [5.74, 6) is -0.275. The molecule has 6 nitrogen and oxygen atoms in total. The Balaban J connectivity index is 1.84. The molecule has 0 N–H and O–H groups in total. The molecule has 1 aliphatic rings. The van der Waals surface area contributed by atoms with Gasteiger partial charge in [-0.05, 0) is 34.6 Å². The maximum atomic E-state index is 13.4. The molecule has 0 aliphatic carbocycles. The van der Waals surface area contributed by atoms with E-state index in [1.165, 1.54) is 5.01 Å². The molecule has 2 amide bonds. The van der Waals surface area contributed by atoms with Crippen molar-refractivity contribution < 1.29 is 14.3 Å². The zero-order chi connectivity index (χ0) is 23.3. The summed E-state index contributed by atoms with van der Waals surface area (Å²) in [7, 11) is 1.59. The predicted octanol–water partition coefficient (Wildman–Crippen LogP) is 4.99. The summed E-state index contributed by atoms with van der Waals surface area (Å²) in [6, 6.07) is 11.2. The van der Waals surface area contributed by atoms with Gasteiger partial charge in [0.2, 0.25) is 5.91 Å². The lowest BCUT2D eigenvalue weighted by atomic mass is 9.91. The Bertz CT molecular complexity index is 952. The van der Waals surface area contributed by atoms with Crippen LogP contribution in [-0.4, -0.2) is 54.2 Å². The van der Waals surface area contributed by atoms with E-state index in [2.05, 4.69) is 5.10 Å². The van der Waals surface area contributed by atoms with Crippen molar-refractivity contribution in [2.75, 3.05) is 26.8 Å². The van der Waals surface area contributed by atoms with E-state index in [0.717, 1.165) is 16.2 Å². The zero-order valence-corrected chi connectivity index (χ0v) is 20.6. The second kappa shape index (κ2) is 10.6. The third-order valence-electron chi connectivity index (χ3n) is 5.15. The van der Waals surface area contributed by atoms with Crippen molar-refractivity contribution >= 4 is 40.5 Å². The minimum absolute atomic E-state index is 0.0381. The van der Waals surface area contributed by atoms with Crippen LogP contribution in [0.2, 0.25) is 5.02 Å². The molecule has 1 aromatic carbocycles. The molecule has 8 heteroatoms. The highest BCUT2D eigenvalue weighted by Crippen LogP contribution is 2.34. The van der Waals surface area contributed by atoms with Crippen LogP contribution in [0.4, 0.5) is 0 Å². The molecule has 3 rings (SSSR count). The summed E-state index contributed by atoms with van der Waals surface area (Å²) in [4.78, 5) is 28.9. The highest BCUT2D eigenvalue weighted by molar-refractivity contribution is 7.12. The number of nitrogens with zero attached hydrogens (tertiary/aromatic N) is 3. The molecule has 32 heavy (non-hydrogen) atoms. The molecule has 1 aromatic heterocycles. The summed E-state index contributed by atoms with van der Waals surface area (Å²) < 4.78 is 5.17. The van der Waals surface area contributed by atoms with Gasteiger partial charge in [0.05, 0.1) is 23.2 Å². The molecule has 2 heterocycles. The summed E-state index contributed by atoms with van der Waals surface area (Å²) >= 11 is 7.67. The van der Waals surface area contributed by atoms with Crippen LogP contribution in [0.3, 0.4) is 0 Å². The maximum absolute atomic E-state index is 13.4. The Morgan fingerprint density at radius 3 is 2.56 bits per heavy atom. The summed E-state index contributed by atoms with van der Waals surface area (Å²) in [6.07, 6.45) is 0.968. The van der Waals surface area contributed by atoms with Crippen LogP contribution in [0.25, 0.3) is 0 Å². The molecule has 0 saturated carbocycles. The first-order chi connectivity index (χ1) is 15.2. The van der Waals surface area contributed by atoms with Gasteiger partial charge in [0.1, 0.15) is 6.54 Å². The first kappa shape index (κ1) is 24.4. The molecule has 0 spiro atoms. The van der Waals surface area contributed by atoms with E-state index in [0.29, 0.717) is 31.0 Å². The third-order valence-corrected chi connectivity index (χ3v) is 6.32. The molecule has 2 aromatic rings.